The van der Waals surface area contributed by atoms with E-state index in [0.29, 0.717) is 0 Å². The van der Waals surface area contributed by atoms with Crippen LogP contribution in [0.25, 0.3) is 0 Å². The third-order valence-electron chi connectivity index (χ3n) is 1.76. The zero-order valence-corrected chi connectivity index (χ0v) is 10.4. The standard InChI is InChI=1S/C8H10O3.In/c1-3-7(4-5-11-2)6-8(9)10;/h4H,6H2,1-2H3,(H,9,10);. The number of carbonyl (C=O) groups is 1. The topological polar surface area (TPSA) is 46.5 Å². The number of carboxylic acids is 1. The van der Waals surface area contributed by atoms with Crippen LogP contribution in [0.4, 0.5) is 0 Å². The minimum absolute atomic E-state index is 0.143. The van der Waals surface area contributed by atoms with Gasteiger partial charge in [-0.15, -0.1) is 0 Å². The van der Waals surface area contributed by atoms with Crippen LogP contribution in [-0.2, 0) is 9.53 Å². The SMILES string of the molecule is CO[C]1=CC(CC(=O)O)=[C](C)[In]1. The summed E-state index contributed by atoms with van der Waals surface area (Å²) in [5.41, 5.74) is 0.959. The fourth-order valence-corrected chi connectivity index (χ4v) is 4.53. The first-order valence-corrected chi connectivity index (χ1v) is 6.95. The quantitative estimate of drug-likeness (QED) is 0.829. The molecule has 1 radical (unpaired) electrons. The van der Waals surface area contributed by atoms with Crippen LogP contribution in [0.2, 0.25) is 0 Å². The number of aliphatic carboxylic acids is 1. The molecule has 0 saturated heterocycles. The van der Waals surface area contributed by atoms with Crippen LogP contribution < -0.4 is 0 Å². The number of rotatable bonds is 3. The average molecular weight is 269 g/mol. The summed E-state index contributed by atoms with van der Waals surface area (Å²) in [6, 6.07) is 0. The summed E-state index contributed by atoms with van der Waals surface area (Å²) < 4.78 is 7.43. The summed E-state index contributed by atoms with van der Waals surface area (Å²) in [7, 11) is 1.65. The van der Waals surface area contributed by atoms with Crippen LogP contribution >= 0.6 is 0 Å². The average Bonchev–Trinajstić information content (AvgIpc) is 2.31. The van der Waals surface area contributed by atoms with Crippen molar-refractivity contribution in [1.29, 1.82) is 0 Å². The Morgan fingerprint density at radius 3 is 2.83 bits per heavy atom. The van der Waals surface area contributed by atoms with Crippen LogP contribution in [0.15, 0.2) is 18.5 Å². The predicted molar refractivity (Wildman–Crippen MR) is 45.8 cm³/mol. The van der Waals surface area contributed by atoms with Gasteiger partial charge in [0.25, 0.3) is 0 Å². The molecule has 0 fully saturated rings. The van der Waals surface area contributed by atoms with Crippen molar-refractivity contribution in [2.75, 3.05) is 7.11 Å². The Hall–Kier alpha value is -0.380. The number of methoxy groups -OCH3 is 1. The molecule has 1 rings (SSSR count). The molecule has 0 bridgehead atoms. The Labute approximate surface area is 82.5 Å². The van der Waals surface area contributed by atoms with E-state index in [-0.39, 0.29) is 6.42 Å². The molecule has 1 N–H and O–H groups in total. The molecular formula is C8H10InO3. The Bertz CT molecular complexity index is 265. The van der Waals surface area contributed by atoms with Crippen LogP contribution in [0.5, 0.6) is 0 Å². The fraction of sp³-hybridized carbons (Fsp3) is 0.375. The van der Waals surface area contributed by atoms with Gasteiger partial charge in [0, 0.05) is 0 Å². The van der Waals surface area contributed by atoms with E-state index in [4.69, 9.17) is 9.84 Å². The van der Waals surface area contributed by atoms with Crippen LogP contribution in [0.1, 0.15) is 13.3 Å². The van der Waals surface area contributed by atoms with Gasteiger partial charge < -0.3 is 0 Å². The number of allylic oxidation sites excluding steroid dienone is 2. The Balaban J connectivity index is 2.68. The molecule has 3 nitrogen and oxygen atoms in total. The van der Waals surface area contributed by atoms with Crippen molar-refractivity contribution in [2.45, 2.75) is 13.3 Å². The molecular weight excluding hydrogens is 259 g/mol. The summed E-state index contributed by atoms with van der Waals surface area (Å²) in [4.78, 5) is 10.4. The van der Waals surface area contributed by atoms with Gasteiger partial charge in [-0.2, -0.15) is 0 Å². The molecule has 0 spiro atoms. The van der Waals surface area contributed by atoms with E-state index in [2.05, 4.69) is 0 Å². The van der Waals surface area contributed by atoms with Crippen LogP contribution in [0, 0.1) is 0 Å². The second-order valence-corrected chi connectivity index (χ2v) is 7.59. The summed E-state index contributed by atoms with van der Waals surface area (Å²) in [5.74, 6) is -0.763. The van der Waals surface area contributed by atoms with Crippen LogP contribution in [0.3, 0.4) is 0 Å². The van der Waals surface area contributed by atoms with E-state index >= 15 is 0 Å². The number of hydrogen-bond donors (Lipinski definition) is 1. The van der Waals surface area contributed by atoms with Crippen molar-refractivity contribution < 1.29 is 14.6 Å². The zero-order chi connectivity index (χ0) is 9.14. The summed E-state index contributed by atoms with van der Waals surface area (Å²) in [5, 5.41) is 8.57. The van der Waals surface area contributed by atoms with Gasteiger partial charge in [0.1, 0.15) is 0 Å². The third-order valence-corrected chi connectivity index (χ3v) is 6.01. The van der Waals surface area contributed by atoms with Crippen molar-refractivity contribution in [2.24, 2.45) is 0 Å². The molecule has 0 aromatic heterocycles. The second-order valence-electron chi connectivity index (χ2n) is 2.67. The molecule has 0 aromatic carbocycles. The van der Waals surface area contributed by atoms with E-state index in [1.54, 1.807) is 7.11 Å². The van der Waals surface area contributed by atoms with E-state index < -0.39 is 28.9 Å². The molecule has 1 aliphatic rings. The maximum absolute atomic E-state index is 10.4. The normalized spacial score (nSPS) is 15.7. The summed E-state index contributed by atoms with van der Waals surface area (Å²) >= 11 is -0.896. The van der Waals surface area contributed by atoms with Crippen molar-refractivity contribution in [3.63, 3.8) is 0 Å². The van der Waals surface area contributed by atoms with Crippen molar-refractivity contribution in [3.8, 4) is 0 Å². The summed E-state index contributed by atoms with van der Waals surface area (Å²) in [6.45, 7) is 2.02. The van der Waals surface area contributed by atoms with E-state index in [1.165, 1.54) is 3.33 Å². The Kier molecular flexibility index (Phi) is 3.26. The molecule has 63 valence electrons. The van der Waals surface area contributed by atoms with Gasteiger partial charge in [0.2, 0.25) is 0 Å². The Morgan fingerprint density at radius 1 is 1.75 bits per heavy atom. The molecule has 0 amide bonds. The predicted octanol–water partition coefficient (Wildman–Crippen LogP) is 0.941. The van der Waals surface area contributed by atoms with Gasteiger partial charge in [-0.25, -0.2) is 0 Å². The second kappa shape index (κ2) is 4.03. The van der Waals surface area contributed by atoms with Crippen molar-refractivity contribution in [1.82, 2.24) is 0 Å². The molecule has 1 aliphatic heterocycles. The molecule has 0 unspecified atom stereocenters. The third kappa shape index (κ3) is 2.30. The Morgan fingerprint density at radius 2 is 2.42 bits per heavy atom. The van der Waals surface area contributed by atoms with Crippen molar-refractivity contribution in [3.05, 3.63) is 18.5 Å². The first-order valence-electron chi connectivity index (χ1n) is 3.65. The van der Waals surface area contributed by atoms with Crippen molar-refractivity contribution >= 4 is 28.9 Å². The molecule has 12 heavy (non-hydrogen) atoms. The van der Waals surface area contributed by atoms with Gasteiger partial charge in [0.15, 0.2) is 0 Å². The molecule has 1 heterocycles. The zero-order valence-electron chi connectivity index (χ0n) is 7.13. The monoisotopic (exact) mass is 269 g/mol. The van der Waals surface area contributed by atoms with E-state index in [9.17, 15) is 4.79 Å². The molecule has 0 aliphatic carbocycles. The van der Waals surface area contributed by atoms with Gasteiger partial charge in [-0.05, 0) is 0 Å². The molecule has 0 saturated carbocycles. The van der Waals surface area contributed by atoms with E-state index in [1.807, 2.05) is 13.0 Å². The number of hydrogen-bond acceptors (Lipinski definition) is 2. The number of ether oxygens (including phenoxy) is 1. The molecule has 0 atom stereocenters. The van der Waals surface area contributed by atoms with Gasteiger partial charge in [0.05, 0.1) is 0 Å². The van der Waals surface area contributed by atoms with Gasteiger partial charge in [-0.1, -0.05) is 0 Å². The first-order chi connectivity index (χ1) is 5.63. The van der Waals surface area contributed by atoms with Gasteiger partial charge >= 0.3 is 82.5 Å². The number of carboxylic acid groups (broad SMARTS) is 1. The maximum atomic E-state index is 10.4. The van der Waals surface area contributed by atoms with Gasteiger partial charge in [-0.3, -0.25) is 0 Å². The summed E-state index contributed by atoms with van der Waals surface area (Å²) in [6.07, 6.45) is 2.04. The fourth-order valence-electron chi connectivity index (χ4n) is 1.10. The minimum atomic E-state index is -0.896. The molecule has 4 heteroatoms. The van der Waals surface area contributed by atoms with Crippen LogP contribution in [-0.4, -0.2) is 41.1 Å². The first kappa shape index (κ1) is 9.71. The molecule has 0 aromatic rings. The van der Waals surface area contributed by atoms with E-state index in [0.717, 1.165) is 9.09 Å².